The molecule has 0 spiro atoms. The maximum absolute atomic E-state index is 11.1. The molecule has 0 amide bonds. The number of hydrogen-bond donors (Lipinski definition) is 0. The van der Waals surface area contributed by atoms with Gasteiger partial charge in [0.05, 0.1) is 4.92 Å². The molecule has 3 atom stereocenters. The lowest BCUT2D eigenvalue weighted by Gasteiger charge is -2.41. The van der Waals surface area contributed by atoms with Crippen molar-refractivity contribution < 1.29 is 4.92 Å². The zero-order valence-electron chi connectivity index (χ0n) is 13.6. The topological polar surface area (TPSA) is 49.6 Å². The first kappa shape index (κ1) is 15.1. The van der Waals surface area contributed by atoms with Crippen molar-refractivity contribution in [1.82, 2.24) is 9.80 Å². The molecule has 1 aliphatic heterocycles. The Morgan fingerprint density at radius 3 is 2.52 bits per heavy atom. The van der Waals surface area contributed by atoms with E-state index in [0.717, 1.165) is 49.6 Å². The van der Waals surface area contributed by atoms with Crippen LogP contribution in [0.1, 0.15) is 31.2 Å². The third-order valence-corrected chi connectivity index (χ3v) is 6.16. The number of nitro benzene ring substituents is 1. The van der Waals surface area contributed by atoms with E-state index in [9.17, 15) is 10.1 Å². The zero-order valence-corrected chi connectivity index (χ0v) is 13.6. The van der Waals surface area contributed by atoms with Crippen molar-refractivity contribution in [3.05, 3.63) is 39.9 Å². The van der Waals surface area contributed by atoms with Gasteiger partial charge in [0.1, 0.15) is 0 Å². The number of fused-ring (bicyclic) bond motifs is 2. The van der Waals surface area contributed by atoms with E-state index in [0.29, 0.717) is 6.54 Å². The zero-order chi connectivity index (χ0) is 15.8. The average Bonchev–Trinajstić information content (AvgIpc) is 3.19. The van der Waals surface area contributed by atoms with Crippen molar-refractivity contribution in [2.45, 2.75) is 38.3 Å². The Labute approximate surface area is 137 Å². The molecule has 2 saturated carbocycles. The summed E-state index contributed by atoms with van der Waals surface area (Å²) in [6, 6.07) is 7.96. The molecular weight excluding hydrogens is 290 g/mol. The summed E-state index contributed by atoms with van der Waals surface area (Å²) in [5.41, 5.74) is 1.09. The van der Waals surface area contributed by atoms with E-state index in [1.807, 2.05) is 12.1 Å². The van der Waals surface area contributed by atoms with E-state index in [2.05, 4.69) is 9.80 Å². The van der Waals surface area contributed by atoms with Crippen LogP contribution in [0, 0.1) is 22.0 Å². The van der Waals surface area contributed by atoms with Crippen LogP contribution in [0.2, 0.25) is 0 Å². The standard InChI is InChI=1S/C18H25N3O2/c22-21(23)17-4-2-1-3-16(17)13-19-7-9-20(10-8-19)18-12-14-5-6-15(18)11-14/h1-4,14-15,18H,5-13H2/t14-,15+,18+/m1/s1. The highest BCUT2D eigenvalue weighted by Gasteiger charge is 2.42. The van der Waals surface area contributed by atoms with Crippen LogP contribution in [0.5, 0.6) is 0 Å². The lowest BCUT2D eigenvalue weighted by Crippen LogP contribution is -2.51. The SMILES string of the molecule is O=[N+]([O-])c1ccccc1CN1CCN([C@H]2C[C@@H]3CC[C@H]2C3)CC1. The van der Waals surface area contributed by atoms with Crippen molar-refractivity contribution in [3.8, 4) is 0 Å². The van der Waals surface area contributed by atoms with Gasteiger partial charge >= 0.3 is 0 Å². The Bertz CT molecular complexity index is 583. The van der Waals surface area contributed by atoms with Crippen molar-refractivity contribution in [1.29, 1.82) is 0 Å². The Morgan fingerprint density at radius 1 is 1.09 bits per heavy atom. The molecule has 2 aliphatic carbocycles. The van der Waals surface area contributed by atoms with Crippen LogP contribution >= 0.6 is 0 Å². The minimum atomic E-state index is -0.263. The van der Waals surface area contributed by atoms with Gasteiger partial charge in [-0.1, -0.05) is 24.6 Å². The highest BCUT2D eigenvalue weighted by Crippen LogP contribution is 2.46. The number of nitro groups is 1. The van der Waals surface area contributed by atoms with Gasteiger partial charge in [-0.05, 0) is 31.1 Å². The van der Waals surface area contributed by atoms with Crippen LogP contribution in [-0.2, 0) is 6.54 Å². The number of rotatable bonds is 4. The highest BCUT2D eigenvalue weighted by atomic mass is 16.6. The van der Waals surface area contributed by atoms with Crippen molar-refractivity contribution >= 4 is 5.69 Å². The molecule has 4 rings (SSSR count). The number of nitrogens with zero attached hydrogens (tertiary/aromatic N) is 3. The summed E-state index contributed by atoms with van der Waals surface area (Å²) in [4.78, 5) is 15.9. The molecule has 0 radical (unpaired) electrons. The fourth-order valence-electron chi connectivity index (χ4n) is 4.98. The molecule has 0 unspecified atom stereocenters. The van der Waals surface area contributed by atoms with Gasteiger partial charge < -0.3 is 0 Å². The molecule has 2 bridgehead atoms. The minimum absolute atomic E-state index is 0.253. The van der Waals surface area contributed by atoms with Crippen LogP contribution in [0.3, 0.4) is 0 Å². The van der Waals surface area contributed by atoms with Crippen LogP contribution in [0.15, 0.2) is 24.3 Å². The smallest absolute Gasteiger partial charge is 0.273 e. The van der Waals surface area contributed by atoms with Crippen molar-refractivity contribution in [2.24, 2.45) is 11.8 Å². The molecule has 124 valence electrons. The van der Waals surface area contributed by atoms with Gasteiger partial charge in [-0.3, -0.25) is 19.9 Å². The normalized spacial score (nSPS) is 31.6. The molecule has 1 heterocycles. The summed E-state index contributed by atoms with van der Waals surface area (Å²) >= 11 is 0. The van der Waals surface area contributed by atoms with Crippen LogP contribution in [0.4, 0.5) is 5.69 Å². The summed E-state index contributed by atoms with van der Waals surface area (Å²) in [5.74, 6) is 1.94. The maximum Gasteiger partial charge on any atom is 0.273 e. The first-order valence-electron chi connectivity index (χ1n) is 8.89. The monoisotopic (exact) mass is 315 g/mol. The van der Waals surface area contributed by atoms with E-state index in [1.165, 1.54) is 25.7 Å². The first-order chi connectivity index (χ1) is 11.2. The van der Waals surface area contributed by atoms with Crippen LogP contribution < -0.4 is 0 Å². The van der Waals surface area contributed by atoms with E-state index in [1.54, 1.807) is 12.1 Å². The molecule has 1 aromatic carbocycles. The molecule has 1 aromatic rings. The summed E-state index contributed by atoms with van der Waals surface area (Å²) in [7, 11) is 0. The number of piperazine rings is 1. The third-order valence-electron chi connectivity index (χ3n) is 6.16. The second-order valence-corrected chi connectivity index (χ2v) is 7.44. The van der Waals surface area contributed by atoms with E-state index >= 15 is 0 Å². The maximum atomic E-state index is 11.1. The number of para-hydroxylation sites is 1. The van der Waals surface area contributed by atoms with Gasteiger partial charge in [-0.2, -0.15) is 0 Å². The van der Waals surface area contributed by atoms with E-state index in [-0.39, 0.29) is 10.6 Å². The van der Waals surface area contributed by atoms with Gasteiger partial charge in [0.15, 0.2) is 0 Å². The predicted molar refractivity (Wildman–Crippen MR) is 89.2 cm³/mol. The number of benzene rings is 1. The van der Waals surface area contributed by atoms with Crippen molar-refractivity contribution in [2.75, 3.05) is 26.2 Å². The minimum Gasteiger partial charge on any atom is -0.298 e. The Hall–Kier alpha value is -1.46. The summed E-state index contributed by atoms with van der Waals surface area (Å²) in [5, 5.41) is 11.1. The molecule has 3 aliphatic rings. The summed E-state index contributed by atoms with van der Waals surface area (Å²) < 4.78 is 0. The van der Waals surface area contributed by atoms with E-state index in [4.69, 9.17) is 0 Å². The van der Waals surface area contributed by atoms with Gasteiger partial charge in [0, 0.05) is 50.4 Å². The molecule has 5 heteroatoms. The van der Waals surface area contributed by atoms with Gasteiger partial charge in [0.2, 0.25) is 0 Å². The predicted octanol–water partition coefficient (Wildman–Crippen LogP) is 2.90. The lowest BCUT2D eigenvalue weighted by molar-refractivity contribution is -0.385. The van der Waals surface area contributed by atoms with Crippen LogP contribution in [-0.4, -0.2) is 46.9 Å². The number of hydrogen-bond acceptors (Lipinski definition) is 4. The second kappa shape index (κ2) is 6.21. The van der Waals surface area contributed by atoms with Crippen molar-refractivity contribution in [3.63, 3.8) is 0 Å². The Kier molecular flexibility index (Phi) is 4.07. The molecule has 1 saturated heterocycles. The fraction of sp³-hybridized carbons (Fsp3) is 0.667. The van der Waals surface area contributed by atoms with Gasteiger partial charge in [0.25, 0.3) is 5.69 Å². The summed E-state index contributed by atoms with van der Waals surface area (Å²) in [6.45, 7) is 4.99. The molecule has 0 aromatic heterocycles. The van der Waals surface area contributed by atoms with Gasteiger partial charge in [-0.25, -0.2) is 0 Å². The van der Waals surface area contributed by atoms with Crippen LogP contribution in [0.25, 0.3) is 0 Å². The largest absolute Gasteiger partial charge is 0.298 e. The molecule has 0 N–H and O–H groups in total. The quantitative estimate of drug-likeness (QED) is 0.633. The summed E-state index contributed by atoms with van der Waals surface area (Å²) in [6.07, 6.45) is 5.76. The Morgan fingerprint density at radius 2 is 1.87 bits per heavy atom. The molecule has 5 nitrogen and oxygen atoms in total. The third kappa shape index (κ3) is 3.00. The first-order valence-corrected chi connectivity index (χ1v) is 8.89. The molecule has 23 heavy (non-hydrogen) atoms. The lowest BCUT2D eigenvalue weighted by atomic mass is 9.93. The molecule has 3 fully saturated rings. The van der Waals surface area contributed by atoms with E-state index < -0.39 is 0 Å². The fourth-order valence-corrected chi connectivity index (χ4v) is 4.98. The molecular formula is C18H25N3O2. The Balaban J connectivity index is 1.34. The highest BCUT2D eigenvalue weighted by molar-refractivity contribution is 5.39. The second-order valence-electron chi connectivity index (χ2n) is 7.44. The average molecular weight is 315 g/mol. The van der Waals surface area contributed by atoms with Gasteiger partial charge in [-0.15, -0.1) is 0 Å².